The number of carbonyl (C=O) groups excluding carboxylic acids is 4. The Balaban J connectivity index is 2.02. The van der Waals surface area contributed by atoms with Crippen LogP contribution in [0.1, 0.15) is 47.1 Å². The summed E-state index contributed by atoms with van der Waals surface area (Å²) in [5.74, 6) is -6.04. The first-order valence-electron chi connectivity index (χ1n) is 13.3. The van der Waals surface area contributed by atoms with Gasteiger partial charge in [-0.15, -0.1) is 13.2 Å². The van der Waals surface area contributed by atoms with E-state index < -0.39 is 71.0 Å². The molecule has 17 heteroatoms. The molecule has 1 aliphatic rings. The van der Waals surface area contributed by atoms with E-state index in [0.29, 0.717) is 16.5 Å². The minimum atomic E-state index is -5.50. The van der Waals surface area contributed by atoms with Crippen molar-refractivity contribution in [3.05, 3.63) is 48.3 Å². The summed E-state index contributed by atoms with van der Waals surface area (Å²) in [4.78, 5) is 57.4. The number of alkyl halides is 6. The highest BCUT2D eigenvalue weighted by Gasteiger charge is 2.52. The van der Waals surface area contributed by atoms with Crippen molar-refractivity contribution in [3.8, 4) is 5.75 Å². The third-order valence-electron chi connectivity index (χ3n) is 7.01. The summed E-state index contributed by atoms with van der Waals surface area (Å²) in [6.07, 6.45) is -10.2. The topological polar surface area (TPSA) is 130 Å². The molecule has 1 fully saturated rings. The van der Waals surface area contributed by atoms with Crippen molar-refractivity contribution in [1.82, 2.24) is 15.2 Å². The van der Waals surface area contributed by atoms with Gasteiger partial charge in [-0.25, -0.2) is 14.5 Å². The fraction of sp³-hybridized carbons (Fsp3) is 0.464. The molecule has 2 N–H and O–H groups in total. The summed E-state index contributed by atoms with van der Waals surface area (Å²) in [5.41, 5.74) is -2.56. The summed E-state index contributed by atoms with van der Waals surface area (Å²) in [7, 11) is 0. The largest absolute Gasteiger partial charge is 0.573 e. The molecule has 2 atom stereocenters. The number of aromatic nitrogens is 1. The van der Waals surface area contributed by atoms with Gasteiger partial charge in [-0.2, -0.15) is 13.2 Å². The fourth-order valence-corrected chi connectivity index (χ4v) is 3.98. The zero-order chi connectivity index (χ0) is 34.1. The van der Waals surface area contributed by atoms with Crippen molar-refractivity contribution in [2.24, 2.45) is 5.41 Å². The van der Waals surface area contributed by atoms with E-state index >= 15 is 0 Å². The summed E-state index contributed by atoms with van der Waals surface area (Å²) in [5, 5.41) is 4.39. The molecule has 3 rings (SSSR count). The van der Waals surface area contributed by atoms with Crippen LogP contribution in [0.2, 0.25) is 0 Å². The number of anilines is 2. The van der Waals surface area contributed by atoms with Crippen molar-refractivity contribution in [3.63, 3.8) is 0 Å². The highest BCUT2D eigenvalue weighted by molar-refractivity contribution is 6.23. The molecule has 1 aromatic carbocycles. The molecule has 0 radical (unpaired) electrons. The van der Waals surface area contributed by atoms with Crippen LogP contribution in [-0.4, -0.2) is 64.0 Å². The van der Waals surface area contributed by atoms with E-state index in [1.807, 2.05) is 5.32 Å². The number of hydrogen-bond donors (Lipinski definition) is 2. The molecule has 1 saturated heterocycles. The van der Waals surface area contributed by atoms with E-state index in [2.05, 4.69) is 19.8 Å². The first-order valence-corrected chi connectivity index (χ1v) is 13.3. The number of imide groups is 1. The Morgan fingerprint density at radius 2 is 1.60 bits per heavy atom. The number of rotatable bonds is 9. The average Bonchev–Trinajstić information content (AvgIpc) is 3.07. The van der Waals surface area contributed by atoms with E-state index in [4.69, 9.17) is 0 Å². The van der Waals surface area contributed by atoms with Crippen LogP contribution >= 0.6 is 0 Å². The molecule has 0 bridgehead atoms. The molecule has 2 heterocycles. The molecule has 0 aliphatic carbocycles. The van der Waals surface area contributed by atoms with Crippen LogP contribution in [0.3, 0.4) is 0 Å². The Morgan fingerprint density at radius 3 is 2.13 bits per heavy atom. The predicted octanol–water partition coefficient (Wildman–Crippen LogP) is 5.12. The molecule has 1 aromatic heterocycles. The quantitative estimate of drug-likeness (QED) is 0.166. The van der Waals surface area contributed by atoms with Crippen LogP contribution in [0.25, 0.3) is 0 Å². The molecule has 2 aromatic rings. The second kappa shape index (κ2) is 12.5. The number of ether oxygens (including phenoxy) is 2. The summed E-state index contributed by atoms with van der Waals surface area (Å²) in [6, 6.07) is 4.09. The molecule has 246 valence electrons. The van der Waals surface area contributed by atoms with E-state index in [0.717, 1.165) is 12.1 Å². The zero-order valence-corrected chi connectivity index (χ0v) is 25.0. The monoisotopic (exact) mass is 647 g/mol. The maximum atomic E-state index is 13.5. The minimum Gasteiger partial charge on any atom is -0.430 e. The van der Waals surface area contributed by atoms with E-state index in [-0.39, 0.29) is 12.2 Å². The number of pyridine rings is 1. The normalized spacial score (nSPS) is 16.8. The second-order valence-corrected chi connectivity index (χ2v) is 11.7. The number of urea groups is 1. The van der Waals surface area contributed by atoms with Gasteiger partial charge in [-0.1, -0.05) is 20.8 Å². The van der Waals surface area contributed by atoms with Gasteiger partial charge in [0, 0.05) is 25.0 Å². The summed E-state index contributed by atoms with van der Waals surface area (Å²) in [6.45, 7) is 9.35. The molecule has 4 amide bonds. The highest BCUT2D eigenvalue weighted by Crippen LogP contribution is 2.38. The van der Waals surface area contributed by atoms with E-state index in [9.17, 15) is 45.5 Å². The molecule has 45 heavy (non-hydrogen) atoms. The third-order valence-corrected chi connectivity index (χ3v) is 7.01. The molecular formula is C28H31F6N5O6. The van der Waals surface area contributed by atoms with Crippen LogP contribution in [0.15, 0.2) is 42.7 Å². The van der Waals surface area contributed by atoms with Gasteiger partial charge in [0.2, 0.25) is 6.23 Å². The Morgan fingerprint density at radius 1 is 1.00 bits per heavy atom. The number of carbonyl (C=O) groups is 4. The Bertz CT molecular complexity index is 1440. The first kappa shape index (κ1) is 35.1. The smallest absolute Gasteiger partial charge is 0.430 e. The lowest BCUT2D eigenvalue weighted by atomic mass is 9.88. The molecular weight excluding hydrogens is 616 g/mol. The van der Waals surface area contributed by atoms with Crippen LogP contribution < -0.4 is 20.3 Å². The zero-order valence-electron chi connectivity index (χ0n) is 25.0. The molecule has 11 nitrogen and oxygen atoms in total. The Hall–Kier alpha value is -4.41. The highest BCUT2D eigenvalue weighted by atomic mass is 19.4. The number of halogens is 6. The third kappa shape index (κ3) is 8.40. The maximum Gasteiger partial charge on any atom is 0.573 e. The lowest BCUT2D eigenvalue weighted by Gasteiger charge is -2.31. The number of esters is 1. The lowest BCUT2D eigenvalue weighted by molar-refractivity contribution is -0.274. The minimum absolute atomic E-state index is 0.0284. The fourth-order valence-electron chi connectivity index (χ4n) is 3.98. The number of benzene rings is 1. The van der Waals surface area contributed by atoms with Gasteiger partial charge in [-0.3, -0.25) is 19.9 Å². The van der Waals surface area contributed by atoms with Gasteiger partial charge in [0.05, 0.1) is 11.4 Å². The predicted molar refractivity (Wildman–Crippen MR) is 146 cm³/mol. The molecule has 0 spiro atoms. The van der Waals surface area contributed by atoms with E-state index in [1.54, 1.807) is 32.9 Å². The average molecular weight is 648 g/mol. The van der Waals surface area contributed by atoms with Gasteiger partial charge in [-0.05, 0) is 62.1 Å². The van der Waals surface area contributed by atoms with Crippen molar-refractivity contribution >= 4 is 35.2 Å². The number of nitrogens with zero attached hydrogens (tertiary/aromatic N) is 3. The van der Waals surface area contributed by atoms with Crippen molar-refractivity contribution in [2.45, 2.75) is 78.4 Å². The van der Waals surface area contributed by atoms with Crippen LogP contribution in [0.4, 0.5) is 42.5 Å². The molecule has 2 unspecified atom stereocenters. The molecule has 0 saturated carbocycles. The number of nitrogens with one attached hydrogen (secondary N) is 2. The van der Waals surface area contributed by atoms with Crippen molar-refractivity contribution < 1.29 is 55.0 Å². The van der Waals surface area contributed by atoms with Gasteiger partial charge < -0.3 is 19.7 Å². The van der Waals surface area contributed by atoms with Gasteiger partial charge in [0.15, 0.2) is 5.75 Å². The van der Waals surface area contributed by atoms with Gasteiger partial charge in [0.1, 0.15) is 5.54 Å². The number of amides is 4. The number of hydrogen-bond acceptors (Lipinski definition) is 8. The molecule has 1 aliphatic heterocycles. The van der Waals surface area contributed by atoms with Crippen LogP contribution in [0, 0.1) is 5.41 Å². The van der Waals surface area contributed by atoms with Crippen LogP contribution in [-0.2, 0) is 25.7 Å². The lowest BCUT2D eigenvalue weighted by Crippen LogP contribution is -2.52. The standard InChI is InChI=1S/C28H31F6N5O6/c1-15(25(2,3)4)36-21(44-23(42)27(29,30)31)20(40)37-18-13-17(7-8-19(18)45-28(32,33)34)39-22(41)26(5,6)38(24(39)43)14-16-9-11-35-12-10-16/h7-13,15,21,36H,14H2,1-6H3,(H,37,40). The van der Waals surface area contributed by atoms with Crippen molar-refractivity contribution in [2.75, 3.05) is 10.2 Å². The summed E-state index contributed by atoms with van der Waals surface area (Å²) >= 11 is 0. The maximum absolute atomic E-state index is 13.5. The Kier molecular flexibility index (Phi) is 9.77. The van der Waals surface area contributed by atoms with Crippen LogP contribution in [0.5, 0.6) is 5.75 Å². The van der Waals surface area contributed by atoms with Gasteiger partial charge >= 0.3 is 24.5 Å². The first-order chi connectivity index (χ1) is 20.5. The van der Waals surface area contributed by atoms with E-state index in [1.165, 1.54) is 38.1 Å². The Labute approximate surface area is 253 Å². The van der Waals surface area contributed by atoms with Gasteiger partial charge in [0.25, 0.3) is 11.8 Å². The SMILES string of the molecule is CC(NC(OC(=O)C(F)(F)F)C(=O)Nc1cc(N2C(=O)N(Cc3ccncc3)C(C)(C)C2=O)ccc1OC(F)(F)F)C(C)(C)C. The second-order valence-electron chi connectivity index (χ2n) is 11.7. The van der Waals surface area contributed by atoms with Crippen molar-refractivity contribution in [1.29, 1.82) is 0 Å². The summed E-state index contributed by atoms with van der Waals surface area (Å²) < 4.78 is 87.0.